The normalized spacial score (nSPS) is 12.1. The maximum atomic E-state index is 13.5. The number of nitrogens with one attached hydrogen (secondary N) is 1. The molecule has 2 aromatic carbocycles. The number of fused-ring (bicyclic) bond motifs is 1. The molecule has 0 spiro atoms. The second-order valence-corrected chi connectivity index (χ2v) is 6.91. The van der Waals surface area contributed by atoms with Crippen molar-refractivity contribution in [2.75, 3.05) is 0 Å². The third-order valence-corrected chi connectivity index (χ3v) is 4.82. The lowest BCUT2D eigenvalue weighted by Crippen LogP contribution is -2.43. The zero-order valence-corrected chi connectivity index (χ0v) is 16.2. The SMILES string of the molecule is CCC(C)NC(=O)Cn1c(=O)n(-c2ccc(F)c(Cl)c2)c(=O)c2ccccc21. The first-order chi connectivity index (χ1) is 13.3. The maximum absolute atomic E-state index is 13.5. The van der Waals surface area contributed by atoms with E-state index < -0.39 is 17.1 Å². The highest BCUT2D eigenvalue weighted by atomic mass is 35.5. The lowest BCUT2D eigenvalue weighted by molar-refractivity contribution is -0.122. The van der Waals surface area contributed by atoms with Gasteiger partial charge in [0, 0.05) is 6.04 Å². The van der Waals surface area contributed by atoms with E-state index in [4.69, 9.17) is 11.6 Å². The van der Waals surface area contributed by atoms with Crippen LogP contribution in [0.15, 0.2) is 52.1 Å². The van der Waals surface area contributed by atoms with Gasteiger partial charge in [0.25, 0.3) is 5.56 Å². The molecule has 1 amide bonds. The van der Waals surface area contributed by atoms with Gasteiger partial charge in [-0.15, -0.1) is 0 Å². The molecule has 0 fully saturated rings. The summed E-state index contributed by atoms with van der Waals surface area (Å²) in [5.41, 5.74) is -0.794. The van der Waals surface area contributed by atoms with Gasteiger partial charge >= 0.3 is 5.69 Å². The number of hydrogen-bond donors (Lipinski definition) is 1. The summed E-state index contributed by atoms with van der Waals surface area (Å²) in [4.78, 5) is 38.4. The highest BCUT2D eigenvalue weighted by Crippen LogP contribution is 2.18. The fourth-order valence-corrected chi connectivity index (χ4v) is 3.07. The van der Waals surface area contributed by atoms with Crippen LogP contribution in [0.5, 0.6) is 0 Å². The molecule has 0 bridgehead atoms. The molecule has 1 aromatic heterocycles. The van der Waals surface area contributed by atoms with E-state index in [-0.39, 0.29) is 34.6 Å². The van der Waals surface area contributed by atoms with Gasteiger partial charge in [0.1, 0.15) is 12.4 Å². The quantitative estimate of drug-likeness (QED) is 0.712. The molecule has 0 aliphatic carbocycles. The topological polar surface area (TPSA) is 73.1 Å². The third kappa shape index (κ3) is 3.71. The first-order valence-corrected chi connectivity index (χ1v) is 9.20. The van der Waals surface area contributed by atoms with Crippen LogP contribution in [0.4, 0.5) is 4.39 Å². The van der Waals surface area contributed by atoms with Crippen molar-refractivity contribution >= 4 is 28.4 Å². The second-order valence-electron chi connectivity index (χ2n) is 6.50. The van der Waals surface area contributed by atoms with E-state index in [0.717, 1.165) is 17.1 Å². The minimum Gasteiger partial charge on any atom is -0.352 e. The Morgan fingerprint density at radius 1 is 1.21 bits per heavy atom. The Hall–Kier alpha value is -2.93. The van der Waals surface area contributed by atoms with Crippen molar-refractivity contribution in [1.82, 2.24) is 14.5 Å². The summed E-state index contributed by atoms with van der Waals surface area (Å²) >= 11 is 5.82. The van der Waals surface area contributed by atoms with Gasteiger partial charge < -0.3 is 5.32 Å². The summed E-state index contributed by atoms with van der Waals surface area (Å²) < 4.78 is 15.6. The predicted molar refractivity (Wildman–Crippen MR) is 107 cm³/mol. The van der Waals surface area contributed by atoms with E-state index >= 15 is 0 Å². The summed E-state index contributed by atoms with van der Waals surface area (Å²) in [5.74, 6) is -1.00. The van der Waals surface area contributed by atoms with Gasteiger partial charge in [0.2, 0.25) is 5.91 Å². The Morgan fingerprint density at radius 2 is 1.93 bits per heavy atom. The zero-order valence-electron chi connectivity index (χ0n) is 15.4. The van der Waals surface area contributed by atoms with Crippen LogP contribution in [-0.2, 0) is 11.3 Å². The lowest BCUT2D eigenvalue weighted by Gasteiger charge is -2.16. The molecule has 3 rings (SSSR count). The Labute approximate surface area is 165 Å². The summed E-state index contributed by atoms with van der Waals surface area (Å²) in [6, 6.07) is 10.1. The molecule has 6 nitrogen and oxygen atoms in total. The first kappa shape index (κ1) is 19.8. The number of halogens is 2. The summed E-state index contributed by atoms with van der Waals surface area (Å²) in [5, 5.41) is 2.86. The molecule has 1 N–H and O–H groups in total. The second kappa shape index (κ2) is 7.98. The number of hydrogen-bond acceptors (Lipinski definition) is 3. The van der Waals surface area contributed by atoms with Crippen LogP contribution < -0.4 is 16.6 Å². The van der Waals surface area contributed by atoms with Crippen LogP contribution in [0.1, 0.15) is 20.3 Å². The van der Waals surface area contributed by atoms with Crippen molar-refractivity contribution in [3.8, 4) is 5.69 Å². The lowest BCUT2D eigenvalue weighted by atomic mass is 10.2. The molecule has 0 radical (unpaired) electrons. The van der Waals surface area contributed by atoms with Crippen molar-refractivity contribution < 1.29 is 9.18 Å². The van der Waals surface area contributed by atoms with E-state index in [2.05, 4.69) is 5.32 Å². The average molecular weight is 404 g/mol. The van der Waals surface area contributed by atoms with Crippen LogP contribution in [-0.4, -0.2) is 21.1 Å². The molecule has 8 heteroatoms. The summed E-state index contributed by atoms with van der Waals surface area (Å²) in [7, 11) is 0. The summed E-state index contributed by atoms with van der Waals surface area (Å²) in [6.45, 7) is 3.55. The van der Waals surface area contributed by atoms with Crippen molar-refractivity contribution in [1.29, 1.82) is 0 Å². The molecule has 1 atom stereocenters. The molecule has 1 heterocycles. The predicted octanol–water partition coefficient (Wildman–Crippen LogP) is 2.86. The monoisotopic (exact) mass is 403 g/mol. The zero-order chi connectivity index (χ0) is 20.4. The maximum Gasteiger partial charge on any atom is 0.336 e. The van der Waals surface area contributed by atoms with Gasteiger partial charge in [0.05, 0.1) is 21.6 Å². The minimum atomic E-state index is -0.703. The average Bonchev–Trinajstić information content (AvgIpc) is 2.68. The standard InChI is InChI=1S/C20H19ClFN3O3/c1-3-12(2)23-18(26)11-24-17-7-5-4-6-14(17)19(27)25(20(24)28)13-8-9-16(22)15(21)10-13/h4-10,12H,3,11H2,1-2H3,(H,23,26). The van der Waals surface area contributed by atoms with Gasteiger partial charge in [0.15, 0.2) is 0 Å². The smallest absolute Gasteiger partial charge is 0.336 e. The molecular formula is C20H19ClFN3O3. The molecule has 1 unspecified atom stereocenters. The Balaban J connectivity index is 2.23. The Morgan fingerprint density at radius 3 is 2.61 bits per heavy atom. The summed E-state index contributed by atoms with van der Waals surface area (Å²) in [6.07, 6.45) is 0.745. The van der Waals surface area contributed by atoms with E-state index in [1.807, 2.05) is 13.8 Å². The van der Waals surface area contributed by atoms with Gasteiger partial charge in [-0.1, -0.05) is 30.7 Å². The van der Waals surface area contributed by atoms with Crippen LogP contribution in [0, 0.1) is 5.82 Å². The fraction of sp³-hybridized carbons (Fsp3) is 0.250. The van der Waals surface area contributed by atoms with Crippen molar-refractivity contribution in [2.45, 2.75) is 32.9 Å². The number of para-hydroxylation sites is 1. The van der Waals surface area contributed by atoms with Crippen molar-refractivity contribution in [3.05, 3.63) is 74.1 Å². The van der Waals surface area contributed by atoms with E-state index in [1.165, 1.54) is 16.7 Å². The molecule has 0 saturated heterocycles. The number of rotatable bonds is 5. The van der Waals surface area contributed by atoms with E-state index in [9.17, 15) is 18.8 Å². The largest absolute Gasteiger partial charge is 0.352 e. The third-order valence-electron chi connectivity index (χ3n) is 4.53. The van der Waals surface area contributed by atoms with Gasteiger partial charge in [-0.3, -0.25) is 14.2 Å². The van der Waals surface area contributed by atoms with E-state index in [1.54, 1.807) is 24.3 Å². The van der Waals surface area contributed by atoms with Crippen LogP contribution >= 0.6 is 11.6 Å². The number of aromatic nitrogens is 2. The fourth-order valence-electron chi connectivity index (χ4n) is 2.89. The van der Waals surface area contributed by atoms with Gasteiger partial charge in [-0.2, -0.15) is 0 Å². The number of carbonyl (C=O) groups is 1. The molecule has 3 aromatic rings. The molecule has 146 valence electrons. The number of nitrogens with zero attached hydrogens (tertiary/aromatic N) is 2. The molecular weight excluding hydrogens is 385 g/mol. The first-order valence-electron chi connectivity index (χ1n) is 8.82. The molecule has 28 heavy (non-hydrogen) atoms. The molecule has 0 saturated carbocycles. The Bertz CT molecular complexity index is 1170. The number of carbonyl (C=O) groups excluding carboxylic acids is 1. The highest BCUT2D eigenvalue weighted by molar-refractivity contribution is 6.30. The minimum absolute atomic E-state index is 0.0451. The van der Waals surface area contributed by atoms with Gasteiger partial charge in [-0.25, -0.2) is 13.8 Å². The van der Waals surface area contributed by atoms with Crippen molar-refractivity contribution in [2.24, 2.45) is 0 Å². The van der Waals surface area contributed by atoms with Gasteiger partial charge in [-0.05, 0) is 43.7 Å². The van der Waals surface area contributed by atoms with E-state index in [0.29, 0.717) is 5.52 Å². The highest BCUT2D eigenvalue weighted by Gasteiger charge is 2.17. The number of benzene rings is 2. The molecule has 0 aliphatic rings. The van der Waals surface area contributed by atoms with Crippen LogP contribution in [0.3, 0.4) is 0 Å². The van der Waals surface area contributed by atoms with Crippen LogP contribution in [0.2, 0.25) is 5.02 Å². The van der Waals surface area contributed by atoms with Crippen molar-refractivity contribution in [3.63, 3.8) is 0 Å². The van der Waals surface area contributed by atoms with Crippen LogP contribution in [0.25, 0.3) is 16.6 Å². The number of amides is 1. The molecule has 0 aliphatic heterocycles. The Kier molecular flexibility index (Phi) is 5.65.